The molecule has 0 aromatic carbocycles. The number of ether oxygens (including phenoxy) is 2. The summed E-state index contributed by atoms with van der Waals surface area (Å²) in [7, 11) is 3.15. The summed E-state index contributed by atoms with van der Waals surface area (Å²) >= 11 is 1.35. The number of aryl methyl sites for hydroxylation is 1. The number of thiophene rings is 1. The average molecular weight is 387 g/mol. The summed E-state index contributed by atoms with van der Waals surface area (Å²) in [5.74, 6) is 1.41. The first-order valence-electron chi connectivity index (χ1n) is 7.92. The number of hydrogen-bond donors (Lipinski definition) is 2. The first-order chi connectivity index (χ1) is 11.6. The predicted octanol–water partition coefficient (Wildman–Crippen LogP) is 2.04. The first-order valence-corrected chi connectivity index (χ1v) is 8.74. The second-order valence-corrected chi connectivity index (χ2v) is 6.97. The van der Waals surface area contributed by atoms with Crippen LogP contribution in [0.25, 0.3) is 10.2 Å². The van der Waals surface area contributed by atoms with E-state index in [1.165, 1.54) is 11.3 Å². The van der Waals surface area contributed by atoms with E-state index in [1.807, 2.05) is 6.92 Å². The van der Waals surface area contributed by atoms with Gasteiger partial charge in [0.15, 0.2) is 5.82 Å². The highest BCUT2D eigenvalue weighted by atomic mass is 35.5. The minimum atomic E-state index is -0.104. The molecular weight excluding hydrogens is 364 g/mol. The molecule has 138 valence electrons. The highest BCUT2D eigenvalue weighted by Gasteiger charge is 2.32. The van der Waals surface area contributed by atoms with Crippen LogP contribution in [0.4, 0.5) is 0 Å². The van der Waals surface area contributed by atoms with Gasteiger partial charge in [-0.2, -0.15) is 4.98 Å². The van der Waals surface area contributed by atoms with Gasteiger partial charge < -0.3 is 20.5 Å². The summed E-state index contributed by atoms with van der Waals surface area (Å²) in [6.07, 6.45) is 2.26. The van der Waals surface area contributed by atoms with Crippen LogP contribution >= 0.6 is 23.7 Å². The van der Waals surface area contributed by atoms with Crippen LogP contribution in [-0.2, 0) is 11.3 Å². The molecule has 0 radical (unpaired) electrons. The number of nitrogens with two attached hydrogens (primary N) is 1. The third-order valence-electron chi connectivity index (χ3n) is 4.24. The van der Waals surface area contributed by atoms with Crippen molar-refractivity contribution in [3.8, 4) is 5.88 Å². The Hall–Kier alpha value is -1.48. The maximum atomic E-state index is 12.7. The SMILES string of the molecule is COCc1nc(OC)c2c(C)c(C(=O)NC(CN)C3CC3)sc2n1.Cl. The van der Waals surface area contributed by atoms with Gasteiger partial charge in [0.25, 0.3) is 5.91 Å². The number of nitrogens with one attached hydrogen (secondary N) is 1. The molecule has 2 heterocycles. The minimum absolute atomic E-state index is 0. The number of carbonyl (C=O) groups is 1. The lowest BCUT2D eigenvalue weighted by atomic mass is 10.1. The largest absolute Gasteiger partial charge is 0.480 e. The van der Waals surface area contributed by atoms with Crippen molar-refractivity contribution in [2.24, 2.45) is 11.7 Å². The molecule has 0 aliphatic heterocycles. The molecule has 0 spiro atoms. The van der Waals surface area contributed by atoms with Crippen LogP contribution < -0.4 is 15.8 Å². The molecule has 1 saturated carbocycles. The Bertz CT molecular complexity index is 763. The Morgan fingerprint density at radius 1 is 1.40 bits per heavy atom. The Balaban J connectivity index is 0.00000225. The van der Waals surface area contributed by atoms with Gasteiger partial charge in [0.1, 0.15) is 11.4 Å². The fourth-order valence-electron chi connectivity index (χ4n) is 2.80. The van der Waals surface area contributed by atoms with E-state index >= 15 is 0 Å². The number of rotatable bonds is 7. The summed E-state index contributed by atoms with van der Waals surface area (Å²) in [6.45, 7) is 2.65. The normalized spacial score (nSPS) is 14.9. The quantitative estimate of drug-likeness (QED) is 0.755. The standard InChI is InChI=1S/C16H22N4O3S.ClH/c1-8-12-15(23-3)19-11(7-22-2)20-16(12)24-13(8)14(21)18-10(6-17)9-4-5-9;/h9-10H,4-7,17H2,1-3H3,(H,18,21);1H. The highest BCUT2D eigenvalue weighted by Crippen LogP contribution is 2.36. The summed E-state index contributed by atoms with van der Waals surface area (Å²) in [5, 5.41) is 3.84. The third-order valence-corrected chi connectivity index (χ3v) is 5.42. The van der Waals surface area contributed by atoms with Crippen molar-refractivity contribution in [2.45, 2.75) is 32.4 Å². The minimum Gasteiger partial charge on any atom is -0.480 e. The van der Waals surface area contributed by atoms with Crippen molar-refractivity contribution in [1.29, 1.82) is 0 Å². The number of halogens is 1. The maximum absolute atomic E-state index is 12.7. The van der Waals surface area contributed by atoms with E-state index in [9.17, 15) is 4.79 Å². The van der Waals surface area contributed by atoms with E-state index in [-0.39, 0.29) is 24.4 Å². The van der Waals surface area contributed by atoms with E-state index in [0.717, 1.165) is 28.6 Å². The van der Waals surface area contributed by atoms with E-state index in [4.69, 9.17) is 15.2 Å². The van der Waals surface area contributed by atoms with Crippen LogP contribution in [0, 0.1) is 12.8 Å². The monoisotopic (exact) mass is 386 g/mol. The van der Waals surface area contributed by atoms with E-state index in [2.05, 4.69) is 15.3 Å². The topological polar surface area (TPSA) is 99.4 Å². The van der Waals surface area contributed by atoms with Crippen molar-refractivity contribution >= 4 is 39.9 Å². The number of fused-ring (bicyclic) bond motifs is 1. The Morgan fingerprint density at radius 2 is 2.12 bits per heavy atom. The van der Waals surface area contributed by atoms with Crippen molar-refractivity contribution < 1.29 is 14.3 Å². The van der Waals surface area contributed by atoms with Crippen molar-refractivity contribution in [3.05, 3.63) is 16.3 Å². The van der Waals surface area contributed by atoms with Crippen molar-refractivity contribution in [3.63, 3.8) is 0 Å². The van der Waals surface area contributed by atoms with Crippen molar-refractivity contribution in [1.82, 2.24) is 15.3 Å². The van der Waals surface area contributed by atoms with Gasteiger partial charge >= 0.3 is 0 Å². The molecule has 1 aliphatic rings. The lowest BCUT2D eigenvalue weighted by molar-refractivity contribution is 0.0937. The molecule has 3 rings (SSSR count). The number of nitrogens with zero attached hydrogens (tertiary/aromatic N) is 2. The second kappa shape index (κ2) is 8.27. The van der Waals surface area contributed by atoms with E-state index in [0.29, 0.717) is 35.7 Å². The second-order valence-electron chi connectivity index (χ2n) is 5.97. The lowest BCUT2D eigenvalue weighted by Crippen LogP contribution is -2.41. The zero-order valence-electron chi connectivity index (χ0n) is 14.5. The molecule has 25 heavy (non-hydrogen) atoms. The molecule has 0 saturated heterocycles. The molecular formula is C16H23ClN4O3S. The zero-order valence-corrected chi connectivity index (χ0v) is 16.1. The number of aromatic nitrogens is 2. The van der Waals surface area contributed by atoms with Crippen LogP contribution in [-0.4, -0.2) is 42.7 Å². The fourth-order valence-corrected chi connectivity index (χ4v) is 3.90. The molecule has 1 aliphatic carbocycles. The van der Waals surface area contributed by atoms with Crippen LogP contribution in [0.3, 0.4) is 0 Å². The number of carbonyl (C=O) groups excluding carboxylic acids is 1. The van der Waals surface area contributed by atoms with Crippen LogP contribution in [0.5, 0.6) is 5.88 Å². The van der Waals surface area contributed by atoms with Crippen LogP contribution in [0.15, 0.2) is 0 Å². The molecule has 9 heteroatoms. The summed E-state index contributed by atoms with van der Waals surface area (Å²) in [6, 6.07) is 0.0409. The van der Waals surface area contributed by atoms with Gasteiger partial charge in [-0.3, -0.25) is 4.79 Å². The first kappa shape index (κ1) is 19.8. The van der Waals surface area contributed by atoms with Crippen molar-refractivity contribution in [2.75, 3.05) is 20.8 Å². The molecule has 1 amide bonds. The zero-order chi connectivity index (χ0) is 17.3. The van der Waals surface area contributed by atoms with Crippen LogP contribution in [0.2, 0.25) is 0 Å². The van der Waals surface area contributed by atoms with Gasteiger partial charge in [0, 0.05) is 19.7 Å². The van der Waals surface area contributed by atoms with E-state index < -0.39 is 0 Å². The molecule has 1 unspecified atom stereocenters. The highest BCUT2D eigenvalue weighted by molar-refractivity contribution is 7.20. The number of methoxy groups -OCH3 is 2. The van der Waals surface area contributed by atoms with Gasteiger partial charge in [-0.25, -0.2) is 4.98 Å². The lowest BCUT2D eigenvalue weighted by Gasteiger charge is -2.15. The average Bonchev–Trinajstić information content (AvgIpc) is 3.36. The maximum Gasteiger partial charge on any atom is 0.261 e. The molecule has 7 nitrogen and oxygen atoms in total. The molecule has 3 N–H and O–H groups in total. The predicted molar refractivity (Wildman–Crippen MR) is 99.7 cm³/mol. The molecule has 2 aromatic heterocycles. The van der Waals surface area contributed by atoms with Gasteiger partial charge in [-0.05, 0) is 31.2 Å². The number of amides is 1. The van der Waals surface area contributed by atoms with Gasteiger partial charge in [-0.15, -0.1) is 23.7 Å². The van der Waals surface area contributed by atoms with E-state index in [1.54, 1.807) is 14.2 Å². The molecule has 1 atom stereocenters. The van der Waals surface area contributed by atoms with Gasteiger partial charge in [-0.1, -0.05) is 0 Å². The molecule has 2 aromatic rings. The summed E-state index contributed by atoms with van der Waals surface area (Å²) in [5.41, 5.74) is 6.62. The fraction of sp³-hybridized carbons (Fsp3) is 0.562. The van der Waals surface area contributed by atoms with Crippen LogP contribution in [0.1, 0.15) is 33.9 Å². The molecule has 0 bridgehead atoms. The molecule has 1 fully saturated rings. The number of hydrogen-bond acceptors (Lipinski definition) is 7. The van der Waals surface area contributed by atoms with Gasteiger partial charge in [0.2, 0.25) is 5.88 Å². The third kappa shape index (κ3) is 4.03. The Kier molecular flexibility index (Phi) is 6.56. The smallest absolute Gasteiger partial charge is 0.261 e. The summed E-state index contributed by atoms with van der Waals surface area (Å²) in [4.78, 5) is 22.9. The van der Waals surface area contributed by atoms with Gasteiger partial charge in [0.05, 0.1) is 17.4 Å². The Morgan fingerprint density at radius 3 is 2.68 bits per heavy atom. The Labute approximate surface area is 156 Å². The summed E-state index contributed by atoms with van der Waals surface area (Å²) < 4.78 is 10.5.